The summed E-state index contributed by atoms with van der Waals surface area (Å²) >= 11 is 6.09. The van der Waals surface area contributed by atoms with Crippen molar-refractivity contribution in [2.75, 3.05) is 0 Å². The molecule has 4 aromatic heterocycles. The summed E-state index contributed by atoms with van der Waals surface area (Å²) in [5.74, 6) is 3.80. The molecule has 14 nitrogen and oxygen atoms in total. The van der Waals surface area contributed by atoms with E-state index in [1.807, 2.05) is 73.1 Å². The van der Waals surface area contributed by atoms with E-state index >= 15 is 0 Å². The van der Waals surface area contributed by atoms with Crippen LogP contribution in [0.2, 0.25) is 0 Å². The highest BCUT2D eigenvalue weighted by molar-refractivity contribution is 9.10. The van der Waals surface area contributed by atoms with Crippen LogP contribution in [0.5, 0.6) is 0 Å². The van der Waals surface area contributed by atoms with Crippen molar-refractivity contribution >= 4 is 75.0 Å². The van der Waals surface area contributed by atoms with Gasteiger partial charge in [-0.15, -0.1) is 22.7 Å². The zero-order valence-electron chi connectivity index (χ0n) is 57.2. The van der Waals surface area contributed by atoms with Gasteiger partial charge in [0.25, 0.3) is 11.8 Å². The summed E-state index contributed by atoms with van der Waals surface area (Å²) in [5.41, 5.74) is 6.62. The quantitative estimate of drug-likeness (QED) is 0.0669. The SMILES string of the molecule is CC(C)(C)c1ccc(C(=O)N[C@@H](Cc2ccc(-c3ncc(Br)cn3)cc2)C(=O)O)s1.CC1CCC(C2CC=C(B3OC(C)(C)C(C)(C)O3)CC2)CC1.CC1CCC(C2CC=C(c3cnc(-c4ccc(C[C@H](NC(=O)c5ccc(C(C)(C)C)s5)C(=O)O)cc4)nc3)CC2)CC1. The van der Waals surface area contributed by atoms with Crippen molar-refractivity contribution in [2.45, 2.75) is 220 Å². The van der Waals surface area contributed by atoms with Crippen molar-refractivity contribution in [1.82, 2.24) is 30.6 Å². The van der Waals surface area contributed by atoms with Crippen LogP contribution in [-0.2, 0) is 42.6 Å². The van der Waals surface area contributed by atoms with Crippen LogP contribution in [-0.4, -0.2) is 84.3 Å². The number of aliphatic carboxylic acids is 2. The van der Waals surface area contributed by atoms with Gasteiger partial charge < -0.3 is 30.2 Å². The Morgan fingerprint density at radius 2 is 0.936 bits per heavy atom. The number of carboxylic acids is 2. The van der Waals surface area contributed by atoms with E-state index in [4.69, 9.17) is 9.31 Å². The molecule has 6 aromatic rings. The van der Waals surface area contributed by atoms with E-state index in [2.05, 4.69) is 142 Å². The highest BCUT2D eigenvalue weighted by Crippen LogP contribution is 2.45. The first-order valence-corrected chi connectivity index (χ1v) is 36.4. The molecule has 1 aliphatic heterocycles. The molecule has 5 aliphatic rings. The Morgan fingerprint density at radius 3 is 1.29 bits per heavy atom. The Balaban J connectivity index is 0.000000175. The molecule has 3 fully saturated rings. The molecule has 502 valence electrons. The fourth-order valence-electron chi connectivity index (χ4n) is 13.3. The lowest BCUT2D eigenvalue weighted by Crippen LogP contribution is -2.42. The highest BCUT2D eigenvalue weighted by atomic mass is 79.9. The Bertz CT molecular complexity index is 3580. The molecule has 11 rings (SSSR count). The Kier molecular flexibility index (Phi) is 24.0. The average Bonchev–Trinajstić information content (AvgIpc) is 1.62. The van der Waals surface area contributed by atoms with Crippen molar-refractivity contribution in [3.63, 3.8) is 0 Å². The van der Waals surface area contributed by atoms with Crippen molar-refractivity contribution in [1.29, 1.82) is 0 Å². The predicted octanol–water partition coefficient (Wildman–Crippen LogP) is 17.8. The van der Waals surface area contributed by atoms with Gasteiger partial charge in [0.2, 0.25) is 0 Å². The standard InChI is InChI=1S/C35H43N3O3S.C22H22BrN3O3S.C19H33BO2/c1-22-5-9-24(10-6-22)25-13-15-26(16-14-25)28-20-36-32(37-21-28)27-11-7-23(8-12-27)19-29(34(40)41)38-33(39)30-17-18-31(42-30)35(2,3)4;1-22(2,3)18-9-8-17(30-18)20(27)26-16(21(28)29)10-13-4-6-14(7-5-13)19-24-11-15(23)12-25-19;1-14-6-8-15(9-7-14)16-10-12-17(13-11-16)20-21-18(2,3)19(4,5)22-20/h7-8,11-12,15,17-18,20-22,24-25,29H,5-6,9-10,13-14,16,19H2,1-4H3,(H,38,39)(H,40,41);4-9,11-12,16H,10H2,1-3H3,(H,26,27)(H,28,29);12,14-16H,6-11,13H2,1-5H3/t22?,24?,25?,29-;16-;/m00./s1. The largest absolute Gasteiger partial charge is 0.490 e. The number of halogens is 1. The van der Waals surface area contributed by atoms with Crippen LogP contribution in [0.25, 0.3) is 28.3 Å². The topological polar surface area (TPSA) is 203 Å². The molecule has 18 heteroatoms. The number of carbonyl (C=O) groups is 4. The van der Waals surface area contributed by atoms with Gasteiger partial charge in [-0.1, -0.05) is 142 Å². The van der Waals surface area contributed by atoms with Gasteiger partial charge in [-0.3, -0.25) is 9.59 Å². The molecule has 2 unspecified atom stereocenters. The maximum absolute atomic E-state index is 12.8. The van der Waals surface area contributed by atoms with E-state index < -0.39 is 24.0 Å². The summed E-state index contributed by atoms with van der Waals surface area (Å²) in [4.78, 5) is 70.0. The summed E-state index contributed by atoms with van der Waals surface area (Å²) in [6.45, 7) is 25.8. The van der Waals surface area contributed by atoms with Gasteiger partial charge in [-0.05, 0) is 201 Å². The second-order valence-electron chi connectivity index (χ2n) is 30.1. The number of hydrogen-bond donors (Lipinski definition) is 4. The Hall–Kier alpha value is -6.18. The van der Waals surface area contributed by atoms with Gasteiger partial charge >= 0.3 is 19.1 Å². The van der Waals surface area contributed by atoms with Crippen LogP contribution < -0.4 is 10.6 Å². The summed E-state index contributed by atoms with van der Waals surface area (Å²) in [5, 5.41) is 24.7. The first-order valence-electron chi connectivity index (χ1n) is 34.0. The lowest BCUT2D eigenvalue weighted by atomic mass is 9.66. The van der Waals surface area contributed by atoms with Crippen LogP contribution in [0.4, 0.5) is 0 Å². The van der Waals surface area contributed by atoms with Crippen LogP contribution >= 0.6 is 38.6 Å². The Morgan fingerprint density at radius 1 is 0.543 bits per heavy atom. The summed E-state index contributed by atoms with van der Waals surface area (Å²) in [6, 6.07) is 20.2. The van der Waals surface area contributed by atoms with Crippen LogP contribution in [0.1, 0.15) is 219 Å². The zero-order valence-corrected chi connectivity index (χ0v) is 60.4. The smallest absolute Gasteiger partial charge is 0.480 e. The molecule has 2 aromatic carbocycles. The molecule has 0 spiro atoms. The number of rotatable bonds is 16. The molecule has 4 atom stereocenters. The first-order chi connectivity index (χ1) is 44.5. The van der Waals surface area contributed by atoms with Crippen molar-refractivity contribution in [3.05, 3.63) is 156 Å². The second kappa shape index (κ2) is 31.4. The van der Waals surface area contributed by atoms with Crippen molar-refractivity contribution in [2.24, 2.45) is 35.5 Å². The monoisotopic (exact) mass is 1380 g/mol. The molecule has 4 aliphatic carbocycles. The van der Waals surface area contributed by atoms with Gasteiger partial charge in [0, 0.05) is 64.1 Å². The molecule has 94 heavy (non-hydrogen) atoms. The maximum atomic E-state index is 12.8. The number of hydrogen-bond acceptors (Lipinski definition) is 12. The number of benzene rings is 2. The molecule has 0 radical (unpaired) electrons. The molecule has 4 N–H and O–H groups in total. The third-order valence-corrected chi connectivity index (χ3v) is 23.7. The Labute approximate surface area is 574 Å². The molecule has 2 amide bonds. The molecule has 5 heterocycles. The van der Waals surface area contributed by atoms with Crippen LogP contribution in [0, 0.1) is 35.5 Å². The van der Waals surface area contributed by atoms with E-state index in [1.54, 1.807) is 24.5 Å². The van der Waals surface area contributed by atoms with E-state index in [-0.39, 0.29) is 53.8 Å². The van der Waals surface area contributed by atoms with E-state index in [1.165, 1.54) is 111 Å². The summed E-state index contributed by atoms with van der Waals surface area (Å²) < 4.78 is 13.2. The number of amides is 2. The first kappa shape index (κ1) is 72.1. The fourth-order valence-corrected chi connectivity index (χ4v) is 15.4. The number of aromatic nitrogens is 4. The molecular weight excluding hydrogens is 1280 g/mol. The normalized spacial score (nSPS) is 22.6. The number of nitrogens with zero attached hydrogens (tertiary/aromatic N) is 4. The fraction of sp³-hybridized carbons (Fsp3) is 0.526. The molecule has 2 saturated carbocycles. The van der Waals surface area contributed by atoms with Gasteiger partial charge in [0.15, 0.2) is 11.6 Å². The highest BCUT2D eigenvalue weighted by Gasteiger charge is 2.52. The number of allylic oxidation sites excluding steroid dienone is 4. The average molecular weight is 1380 g/mol. The van der Waals surface area contributed by atoms with Gasteiger partial charge in [0.05, 0.1) is 25.4 Å². The van der Waals surface area contributed by atoms with E-state index in [0.717, 1.165) is 90.4 Å². The number of carbonyl (C=O) groups excluding carboxylic acids is 2. The van der Waals surface area contributed by atoms with Crippen molar-refractivity contribution < 1.29 is 38.7 Å². The van der Waals surface area contributed by atoms with Gasteiger partial charge in [-0.2, -0.15) is 0 Å². The number of thiophene rings is 2. The van der Waals surface area contributed by atoms with Gasteiger partial charge in [-0.25, -0.2) is 29.5 Å². The van der Waals surface area contributed by atoms with Crippen LogP contribution in [0.3, 0.4) is 0 Å². The second-order valence-corrected chi connectivity index (χ2v) is 33.2. The minimum Gasteiger partial charge on any atom is -0.480 e. The third-order valence-electron chi connectivity index (χ3n) is 20.2. The van der Waals surface area contributed by atoms with Gasteiger partial charge in [0.1, 0.15) is 12.1 Å². The molecule has 1 saturated heterocycles. The predicted molar refractivity (Wildman–Crippen MR) is 383 cm³/mol. The lowest BCUT2D eigenvalue weighted by molar-refractivity contribution is -0.140. The molecular formula is C76H98BBrN6O8S2. The third kappa shape index (κ3) is 19.3. The molecule has 0 bridgehead atoms. The minimum atomic E-state index is -1.07. The van der Waals surface area contributed by atoms with Crippen molar-refractivity contribution in [3.8, 4) is 22.8 Å². The van der Waals surface area contributed by atoms with E-state index in [9.17, 15) is 29.4 Å². The summed E-state index contributed by atoms with van der Waals surface area (Å²) in [6.07, 6.45) is 31.0. The number of nitrogens with one attached hydrogen (secondary N) is 2. The maximum Gasteiger partial charge on any atom is 0.490 e. The van der Waals surface area contributed by atoms with E-state index in [0.29, 0.717) is 21.4 Å². The minimum absolute atomic E-state index is 0.0598. The lowest BCUT2D eigenvalue weighted by Gasteiger charge is -2.34. The number of carboxylic acid groups (broad SMARTS) is 2. The zero-order chi connectivity index (χ0) is 67.7. The summed E-state index contributed by atoms with van der Waals surface area (Å²) in [7, 11) is -0.114. The van der Waals surface area contributed by atoms with Crippen LogP contribution in [0.15, 0.2) is 120 Å².